The number of aromatic carboxylic acids is 1. The van der Waals surface area contributed by atoms with Crippen molar-refractivity contribution >= 4 is 37.0 Å². The number of alkyl halides is 3. The lowest BCUT2D eigenvalue weighted by molar-refractivity contribution is -0.266. The molecule has 1 aromatic heterocycles. The number of hydrogen-bond donors (Lipinski definition) is 3. The number of benzene rings is 2. The Kier molecular flexibility index (Phi) is 9.57. The molecule has 2 aromatic carbocycles. The number of carboxylic acids is 1. The number of nitrogens with one attached hydrogen (secondary N) is 1. The van der Waals surface area contributed by atoms with E-state index in [4.69, 9.17) is 9.47 Å². The number of carbonyl (C=O) groups is 2. The van der Waals surface area contributed by atoms with Crippen molar-refractivity contribution in [3.8, 4) is 5.75 Å². The van der Waals surface area contributed by atoms with Gasteiger partial charge in [-0.3, -0.25) is 0 Å². The Bertz CT molecular complexity index is 1550. The van der Waals surface area contributed by atoms with E-state index >= 15 is 0 Å². The molecule has 43 heavy (non-hydrogen) atoms. The summed E-state index contributed by atoms with van der Waals surface area (Å²) in [6.07, 6.45) is -5.54. The van der Waals surface area contributed by atoms with Gasteiger partial charge in [0.25, 0.3) is 0 Å². The second-order valence-electron chi connectivity index (χ2n) is 12.2. The van der Waals surface area contributed by atoms with Crippen LogP contribution < -0.4 is 4.74 Å². The van der Waals surface area contributed by atoms with E-state index in [1.54, 1.807) is 6.92 Å². The monoisotopic (exact) mass is 623 g/mol. The molecular weight excluding hydrogens is 586 g/mol. The summed E-state index contributed by atoms with van der Waals surface area (Å²) in [5, 5.41) is 21.6. The highest BCUT2D eigenvalue weighted by atomic mass is 28.3. The number of aliphatic hydroxyl groups is 1. The van der Waals surface area contributed by atoms with Crippen molar-refractivity contribution in [1.29, 1.82) is 0 Å². The number of fused-ring (bicyclic) bond motifs is 1. The van der Waals surface area contributed by atoms with Gasteiger partial charge in [0.15, 0.2) is 5.60 Å². The van der Waals surface area contributed by atoms with E-state index in [-0.39, 0.29) is 45.3 Å². The number of aromatic amines is 1. The predicted molar refractivity (Wildman–Crippen MR) is 159 cm³/mol. The van der Waals surface area contributed by atoms with Gasteiger partial charge in [-0.15, -0.1) is 0 Å². The Hall–Kier alpha value is -3.64. The van der Waals surface area contributed by atoms with E-state index in [1.165, 1.54) is 51.3 Å². The lowest BCUT2D eigenvalue weighted by Crippen LogP contribution is -2.51. The fraction of sp³-hybridized carbons (Fsp3) is 0.419. The largest absolute Gasteiger partial charge is 0.496 e. The Labute approximate surface area is 248 Å². The van der Waals surface area contributed by atoms with Crippen molar-refractivity contribution in [2.75, 3.05) is 13.7 Å². The van der Waals surface area contributed by atoms with Gasteiger partial charge in [-0.2, -0.15) is 13.2 Å². The number of esters is 1. The quantitative estimate of drug-likeness (QED) is 0.0915. The fourth-order valence-electron chi connectivity index (χ4n) is 5.23. The van der Waals surface area contributed by atoms with Crippen molar-refractivity contribution in [2.24, 2.45) is 0 Å². The molecule has 12 heteroatoms. The average Bonchev–Trinajstić information content (AvgIpc) is 3.21. The minimum Gasteiger partial charge on any atom is -0.496 e. The molecule has 0 bridgehead atoms. The van der Waals surface area contributed by atoms with Crippen LogP contribution >= 0.6 is 0 Å². The highest BCUT2D eigenvalue weighted by Gasteiger charge is 2.56. The van der Waals surface area contributed by atoms with Crippen LogP contribution in [-0.2, 0) is 21.4 Å². The van der Waals surface area contributed by atoms with Gasteiger partial charge in [-0.1, -0.05) is 33.5 Å². The number of H-pyrrole nitrogens is 1. The van der Waals surface area contributed by atoms with Gasteiger partial charge < -0.3 is 24.7 Å². The Morgan fingerprint density at radius 2 is 1.72 bits per heavy atom. The zero-order valence-electron chi connectivity index (χ0n) is 25.2. The molecule has 0 saturated carbocycles. The SMILES string of the molecule is CCOC(=O)C(=Cc1c(CC(O)(CC(C)(C)c2cc(F)ccc2OC)C(F)(F)F)[nH]c2ccc(C(=O)O)cc12)[Si](C)(C)C. The van der Waals surface area contributed by atoms with Gasteiger partial charge in [0.05, 0.1) is 27.4 Å². The molecule has 0 amide bonds. The zero-order valence-corrected chi connectivity index (χ0v) is 26.2. The van der Waals surface area contributed by atoms with Gasteiger partial charge >= 0.3 is 18.1 Å². The van der Waals surface area contributed by atoms with Crippen molar-refractivity contribution in [3.05, 3.63) is 69.8 Å². The molecule has 1 unspecified atom stereocenters. The number of methoxy groups -OCH3 is 1. The topological polar surface area (TPSA) is 109 Å². The average molecular weight is 624 g/mol. The van der Waals surface area contributed by atoms with E-state index in [0.29, 0.717) is 5.52 Å². The standard InChI is InChI=1S/C31H37F4NO6Si/c1-8-42-28(39)26(43(5,6)7)15-21-20-13-18(27(37)38)9-11-23(20)36-24(21)16-30(40,31(33,34)35)17-29(2,3)22-14-19(32)10-12-25(22)41-4/h9-15,36,40H,8,16-17H2,1-7H3,(H,37,38). The first kappa shape index (κ1) is 33.9. The normalized spacial score (nSPS) is 14.5. The summed E-state index contributed by atoms with van der Waals surface area (Å²) in [4.78, 5) is 27.7. The lowest BCUT2D eigenvalue weighted by Gasteiger charge is -2.38. The number of ether oxygens (including phenoxy) is 2. The molecule has 0 aliphatic carbocycles. The highest BCUT2D eigenvalue weighted by molar-refractivity contribution is 6.87. The molecule has 234 valence electrons. The van der Waals surface area contributed by atoms with Crippen LogP contribution in [0.2, 0.25) is 19.6 Å². The summed E-state index contributed by atoms with van der Waals surface area (Å²) in [6, 6.07) is 7.56. The minimum atomic E-state index is -5.14. The zero-order chi connectivity index (χ0) is 32.5. The summed E-state index contributed by atoms with van der Waals surface area (Å²) in [5.41, 5.74) is -4.32. The number of carboxylic acid groups (broad SMARTS) is 1. The predicted octanol–water partition coefficient (Wildman–Crippen LogP) is 7.04. The third-order valence-corrected chi connectivity index (χ3v) is 9.35. The molecule has 7 nitrogen and oxygen atoms in total. The first-order valence-corrected chi connectivity index (χ1v) is 17.1. The highest BCUT2D eigenvalue weighted by Crippen LogP contribution is 2.46. The van der Waals surface area contributed by atoms with Crippen molar-refractivity contribution in [1.82, 2.24) is 4.98 Å². The van der Waals surface area contributed by atoms with Crippen LogP contribution in [0.1, 0.15) is 54.4 Å². The number of carbonyl (C=O) groups excluding carboxylic acids is 1. The molecule has 1 atom stereocenters. The van der Waals surface area contributed by atoms with Gasteiger partial charge in [0, 0.05) is 39.3 Å². The van der Waals surface area contributed by atoms with Crippen LogP contribution in [0.3, 0.4) is 0 Å². The molecule has 1 heterocycles. The maximum absolute atomic E-state index is 14.8. The van der Waals surface area contributed by atoms with E-state index in [2.05, 4.69) is 4.98 Å². The summed E-state index contributed by atoms with van der Waals surface area (Å²) >= 11 is 0. The minimum absolute atomic E-state index is 0.0561. The van der Waals surface area contributed by atoms with Gasteiger partial charge in [-0.25, -0.2) is 14.0 Å². The van der Waals surface area contributed by atoms with Crippen molar-refractivity contribution in [3.63, 3.8) is 0 Å². The smallest absolute Gasteiger partial charge is 0.417 e. The van der Waals surface area contributed by atoms with Crippen LogP contribution in [0.15, 0.2) is 41.6 Å². The van der Waals surface area contributed by atoms with E-state index < -0.39 is 55.9 Å². The number of hydrogen-bond acceptors (Lipinski definition) is 5. The third-order valence-electron chi connectivity index (χ3n) is 7.38. The third kappa shape index (κ3) is 7.30. The van der Waals surface area contributed by atoms with Crippen molar-refractivity contribution < 1.29 is 46.8 Å². The molecule has 0 aliphatic rings. The van der Waals surface area contributed by atoms with E-state index in [0.717, 1.165) is 12.1 Å². The lowest BCUT2D eigenvalue weighted by atomic mass is 9.73. The summed E-state index contributed by atoms with van der Waals surface area (Å²) in [7, 11) is -1.14. The van der Waals surface area contributed by atoms with Crippen LogP contribution in [0.5, 0.6) is 5.75 Å². The molecule has 0 radical (unpaired) electrons. The number of rotatable bonds is 11. The van der Waals surface area contributed by atoms with Crippen LogP contribution in [-0.4, -0.2) is 60.7 Å². The Balaban J connectivity index is 2.28. The van der Waals surface area contributed by atoms with Gasteiger partial charge in [-0.05, 0) is 61.2 Å². The Morgan fingerprint density at radius 1 is 1.07 bits per heavy atom. The van der Waals surface area contributed by atoms with Crippen LogP contribution in [0.4, 0.5) is 17.6 Å². The maximum Gasteiger partial charge on any atom is 0.417 e. The summed E-state index contributed by atoms with van der Waals surface area (Å²) in [6.45, 7) is 10.2. The molecule has 0 fully saturated rings. The summed E-state index contributed by atoms with van der Waals surface area (Å²) < 4.78 is 69.1. The van der Waals surface area contributed by atoms with Crippen LogP contribution in [0.25, 0.3) is 17.0 Å². The number of halogens is 4. The second-order valence-corrected chi connectivity index (χ2v) is 17.3. The first-order valence-electron chi connectivity index (χ1n) is 13.6. The van der Waals surface area contributed by atoms with E-state index in [9.17, 15) is 37.4 Å². The van der Waals surface area contributed by atoms with Gasteiger partial charge in [0.2, 0.25) is 0 Å². The van der Waals surface area contributed by atoms with Crippen LogP contribution in [0, 0.1) is 5.82 Å². The maximum atomic E-state index is 14.8. The molecule has 3 rings (SSSR count). The summed E-state index contributed by atoms with van der Waals surface area (Å²) in [5.74, 6) is -2.37. The van der Waals surface area contributed by atoms with Crippen molar-refractivity contribution in [2.45, 2.75) is 70.4 Å². The number of aromatic nitrogens is 1. The molecule has 3 N–H and O–H groups in total. The molecule has 3 aromatic rings. The molecule has 0 aliphatic heterocycles. The fourth-order valence-corrected chi connectivity index (χ4v) is 6.49. The second kappa shape index (κ2) is 12.2. The van der Waals surface area contributed by atoms with E-state index in [1.807, 2.05) is 19.6 Å². The molecule has 0 saturated heterocycles. The molecular formula is C31H37F4NO6Si. The van der Waals surface area contributed by atoms with Gasteiger partial charge in [0.1, 0.15) is 11.6 Å². The molecule has 0 spiro atoms. The first-order chi connectivity index (χ1) is 19.7. The Morgan fingerprint density at radius 3 is 2.26 bits per heavy atom.